The predicted molar refractivity (Wildman–Crippen MR) is 70.9 cm³/mol. The van der Waals surface area contributed by atoms with E-state index in [4.69, 9.17) is 4.74 Å². The lowest BCUT2D eigenvalue weighted by molar-refractivity contribution is -0.523. The Bertz CT molecular complexity index is 498. The van der Waals surface area contributed by atoms with Gasteiger partial charge in [-0.2, -0.15) is 0 Å². The van der Waals surface area contributed by atoms with Gasteiger partial charge in [0.1, 0.15) is 5.76 Å². The number of rotatable bonds is 4. The van der Waals surface area contributed by atoms with Gasteiger partial charge >= 0.3 is 0 Å². The standard InChI is InChI=1S/C13H13NO3S/c1-17-11-7-9-13(10-8-11,14(15)16)18-12-5-3-2-4-6-12/h2-9H,10H2,1H3. The van der Waals surface area contributed by atoms with E-state index in [1.54, 1.807) is 25.3 Å². The van der Waals surface area contributed by atoms with Crippen LogP contribution in [-0.2, 0) is 4.74 Å². The van der Waals surface area contributed by atoms with Crippen LogP contribution in [0.15, 0.2) is 59.2 Å². The van der Waals surface area contributed by atoms with Gasteiger partial charge in [-0.25, -0.2) is 0 Å². The van der Waals surface area contributed by atoms with Crippen molar-refractivity contribution in [1.82, 2.24) is 0 Å². The zero-order valence-corrected chi connectivity index (χ0v) is 10.7. The van der Waals surface area contributed by atoms with Crippen molar-refractivity contribution in [2.45, 2.75) is 16.2 Å². The van der Waals surface area contributed by atoms with Crippen LogP contribution in [0.1, 0.15) is 6.42 Å². The molecule has 0 fully saturated rings. The summed E-state index contributed by atoms with van der Waals surface area (Å²) < 4.78 is 5.06. The number of thioether (sulfide) groups is 1. The second-order valence-electron chi connectivity index (χ2n) is 3.87. The topological polar surface area (TPSA) is 52.4 Å². The average Bonchev–Trinajstić information content (AvgIpc) is 2.40. The van der Waals surface area contributed by atoms with Crippen molar-refractivity contribution in [1.29, 1.82) is 0 Å². The second-order valence-corrected chi connectivity index (χ2v) is 5.25. The minimum Gasteiger partial charge on any atom is -0.497 e. The van der Waals surface area contributed by atoms with Crippen molar-refractivity contribution in [3.8, 4) is 0 Å². The number of allylic oxidation sites excluding steroid dienone is 1. The van der Waals surface area contributed by atoms with Gasteiger partial charge in [-0.15, -0.1) is 0 Å². The molecule has 1 atom stereocenters. The van der Waals surface area contributed by atoms with Gasteiger partial charge in [-0.1, -0.05) is 18.2 Å². The number of nitrogens with zero attached hydrogens (tertiary/aromatic N) is 1. The van der Waals surface area contributed by atoms with Gasteiger partial charge < -0.3 is 4.74 Å². The lowest BCUT2D eigenvalue weighted by Gasteiger charge is -2.22. The highest BCUT2D eigenvalue weighted by atomic mass is 32.2. The molecular weight excluding hydrogens is 250 g/mol. The normalized spacial score (nSPS) is 22.4. The van der Waals surface area contributed by atoms with Crippen molar-refractivity contribution in [2.24, 2.45) is 0 Å². The van der Waals surface area contributed by atoms with E-state index < -0.39 is 4.87 Å². The first-order valence-corrected chi connectivity index (χ1v) is 6.30. The predicted octanol–water partition coefficient (Wildman–Crippen LogP) is 3.24. The van der Waals surface area contributed by atoms with E-state index in [0.717, 1.165) is 4.90 Å². The molecule has 0 saturated heterocycles. The molecule has 5 heteroatoms. The smallest absolute Gasteiger partial charge is 0.293 e. The van der Waals surface area contributed by atoms with Gasteiger partial charge in [-0.3, -0.25) is 10.1 Å². The fourth-order valence-electron chi connectivity index (χ4n) is 1.69. The van der Waals surface area contributed by atoms with Crippen LogP contribution >= 0.6 is 11.8 Å². The molecule has 0 spiro atoms. The number of methoxy groups -OCH3 is 1. The molecule has 18 heavy (non-hydrogen) atoms. The van der Waals surface area contributed by atoms with Crippen LogP contribution in [0.25, 0.3) is 0 Å². The Balaban J connectivity index is 2.23. The van der Waals surface area contributed by atoms with E-state index in [-0.39, 0.29) is 4.92 Å². The van der Waals surface area contributed by atoms with Gasteiger partial charge in [0.05, 0.1) is 13.5 Å². The molecule has 0 aliphatic heterocycles. The first kappa shape index (κ1) is 12.7. The quantitative estimate of drug-likeness (QED) is 0.475. The Hall–Kier alpha value is -1.75. The Kier molecular flexibility index (Phi) is 3.72. The third kappa shape index (κ3) is 2.56. The summed E-state index contributed by atoms with van der Waals surface area (Å²) in [5.41, 5.74) is 0. The van der Waals surface area contributed by atoms with Gasteiger partial charge in [0.25, 0.3) is 4.87 Å². The molecule has 0 amide bonds. The number of nitro groups is 1. The Morgan fingerprint density at radius 1 is 1.39 bits per heavy atom. The molecule has 94 valence electrons. The highest BCUT2D eigenvalue weighted by molar-refractivity contribution is 8.00. The lowest BCUT2D eigenvalue weighted by atomic mass is 10.1. The second kappa shape index (κ2) is 5.27. The number of hydrogen-bond acceptors (Lipinski definition) is 4. The average molecular weight is 263 g/mol. The Labute approximate surface area is 109 Å². The van der Waals surface area contributed by atoms with Gasteiger partial charge in [-0.05, 0) is 36.0 Å². The first-order chi connectivity index (χ1) is 8.66. The lowest BCUT2D eigenvalue weighted by Crippen LogP contribution is -2.33. The summed E-state index contributed by atoms with van der Waals surface area (Å²) in [6, 6.07) is 9.39. The van der Waals surface area contributed by atoms with E-state index >= 15 is 0 Å². The maximum absolute atomic E-state index is 11.3. The number of hydrogen-bond donors (Lipinski definition) is 0. The highest BCUT2D eigenvalue weighted by Crippen LogP contribution is 2.40. The number of ether oxygens (including phenoxy) is 1. The molecule has 4 nitrogen and oxygen atoms in total. The maximum Gasteiger partial charge on any atom is 0.293 e. The first-order valence-electron chi connectivity index (χ1n) is 5.48. The third-order valence-electron chi connectivity index (χ3n) is 2.69. The molecule has 1 unspecified atom stereocenters. The fraction of sp³-hybridized carbons (Fsp3) is 0.231. The van der Waals surface area contributed by atoms with E-state index in [0.29, 0.717) is 12.2 Å². The van der Waals surface area contributed by atoms with Crippen LogP contribution in [0.2, 0.25) is 0 Å². The summed E-state index contributed by atoms with van der Waals surface area (Å²) in [6.07, 6.45) is 5.32. The molecule has 1 aliphatic rings. The molecule has 0 heterocycles. The highest BCUT2D eigenvalue weighted by Gasteiger charge is 2.42. The van der Waals surface area contributed by atoms with Crippen LogP contribution in [-0.4, -0.2) is 16.9 Å². The molecule has 0 radical (unpaired) electrons. The maximum atomic E-state index is 11.3. The summed E-state index contributed by atoms with van der Waals surface area (Å²) in [5, 5.41) is 11.3. The molecule has 0 bridgehead atoms. The summed E-state index contributed by atoms with van der Waals surface area (Å²) >= 11 is 1.25. The molecule has 1 aliphatic carbocycles. The molecule has 1 aromatic carbocycles. The van der Waals surface area contributed by atoms with E-state index in [2.05, 4.69) is 0 Å². The van der Waals surface area contributed by atoms with E-state index in [1.165, 1.54) is 11.8 Å². The monoisotopic (exact) mass is 263 g/mol. The zero-order valence-electron chi connectivity index (χ0n) is 9.91. The fourth-order valence-corrected chi connectivity index (χ4v) is 2.77. The van der Waals surface area contributed by atoms with Crippen molar-refractivity contribution in [2.75, 3.05) is 7.11 Å². The summed E-state index contributed by atoms with van der Waals surface area (Å²) in [7, 11) is 1.56. The Morgan fingerprint density at radius 2 is 2.11 bits per heavy atom. The van der Waals surface area contributed by atoms with E-state index in [1.807, 2.05) is 30.3 Å². The Morgan fingerprint density at radius 3 is 2.61 bits per heavy atom. The molecule has 2 rings (SSSR count). The van der Waals surface area contributed by atoms with Gasteiger partial charge in [0.2, 0.25) is 0 Å². The van der Waals surface area contributed by atoms with Gasteiger partial charge in [0.15, 0.2) is 0 Å². The van der Waals surface area contributed by atoms with Crippen LogP contribution in [0, 0.1) is 10.1 Å². The summed E-state index contributed by atoms with van der Waals surface area (Å²) in [4.78, 5) is 10.8. The van der Waals surface area contributed by atoms with E-state index in [9.17, 15) is 10.1 Å². The van der Waals surface area contributed by atoms with Crippen LogP contribution in [0.5, 0.6) is 0 Å². The summed E-state index contributed by atoms with van der Waals surface area (Å²) in [5.74, 6) is 0.668. The molecule has 0 saturated carbocycles. The minimum absolute atomic E-state index is 0.246. The number of benzene rings is 1. The third-order valence-corrected chi connectivity index (χ3v) is 4.00. The van der Waals surface area contributed by atoms with Crippen molar-refractivity contribution in [3.63, 3.8) is 0 Å². The van der Waals surface area contributed by atoms with Crippen LogP contribution in [0.4, 0.5) is 0 Å². The molecule has 0 N–H and O–H groups in total. The SMILES string of the molecule is COC1=CCC(Sc2ccccc2)([N+](=O)[O-])C=C1. The molecule has 0 aromatic heterocycles. The van der Waals surface area contributed by atoms with Crippen molar-refractivity contribution in [3.05, 3.63) is 64.4 Å². The molecular formula is C13H13NO3S. The summed E-state index contributed by atoms with van der Waals surface area (Å²) in [6.45, 7) is 0. The van der Waals surface area contributed by atoms with Crippen LogP contribution in [0.3, 0.4) is 0 Å². The van der Waals surface area contributed by atoms with Crippen molar-refractivity contribution < 1.29 is 9.66 Å². The largest absolute Gasteiger partial charge is 0.497 e. The van der Waals surface area contributed by atoms with Crippen molar-refractivity contribution >= 4 is 11.8 Å². The van der Waals surface area contributed by atoms with Gasteiger partial charge in [0, 0.05) is 15.9 Å². The minimum atomic E-state index is -1.14. The zero-order chi connectivity index (χ0) is 13.0. The molecule has 1 aromatic rings. The van der Waals surface area contributed by atoms with Crippen LogP contribution < -0.4 is 0 Å².